The zero-order valence-corrected chi connectivity index (χ0v) is 13.3. The first kappa shape index (κ1) is 13.1. The number of thiazole rings is 1. The van der Waals surface area contributed by atoms with E-state index in [-0.39, 0.29) is 0 Å². The lowest BCUT2D eigenvalue weighted by Gasteiger charge is -2.55. The van der Waals surface area contributed by atoms with Crippen LogP contribution in [0.4, 0.5) is 0 Å². The minimum atomic E-state index is 0.391. The minimum Gasteiger partial charge on any atom is -0.466 e. The molecular weight excluding hydrogens is 292 g/mol. The molecule has 3 aliphatic heterocycles. The number of piperidine rings is 3. The summed E-state index contributed by atoms with van der Waals surface area (Å²) < 4.78 is 6.37. The smallest absolute Gasteiger partial charge is 0.274 e. The van der Waals surface area contributed by atoms with Gasteiger partial charge in [-0.1, -0.05) is 41.7 Å². The predicted octanol–water partition coefficient (Wildman–Crippen LogP) is 3.53. The fourth-order valence-corrected chi connectivity index (χ4v) is 5.44. The molecule has 1 aromatic carbocycles. The fourth-order valence-electron chi connectivity index (χ4n) is 4.73. The van der Waals surface area contributed by atoms with Gasteiger partial charge < -0.3 is 9.64 Å². The second-order valence-corrected chi connectivity index (χ2v) is 7.84. The van der Waals surface area contributed by atoms with Crippen LogP contribution in [0.1, 0.15) is 12.8 Å². The monoisotopic (exact) mass is 312 g/mol. The number of ether oxygens (including phenoxy) is 1. The van der Waals surface area contributed by atoms with Crippen molar-refractivity contribution < 1.29 is 4.74 Å². The van der Waals surface area contributed by atoms with Crippen molar-refractivity contribution in [1.29, 1.82) is 0 Å². The molecule has 4 fully saturated rings. The molecule has 4 heteroatoms. The van der Waals surface area contributed by atoms with Gasteiger partial charge in [-0.25, -0.2) is 4.98 Å². The Morgan fingerprint density at radius 3 is 2.55 bits per heavy atom. The van der Waals surface area contributed by atoms with E-state index in [1.807, 2.05) is 6.07 Å². The van der Waals surface area contributed by atoms with Gasteiger partial charge in [0, 0.05) is 42.4 Å². The minimum absolute atomic E-state index is 0.391. The lowest BCUT2D eigenvalue weighted by Crippen LogP contribution is -2.61. The number of aromatic nitrogens is 1. The van der Waals surface area contributed by atoms with Crippen molar-refractivity contribution >= 4 is 11.3 Å². The average Bonchev–Trinajstić information content (AvgIpc) is 3.00. The van der Waals surface area contributed by atoms with Crippen molar-refractivity contribution in [3.05, 3.63) is 35.7 Å². The van der Waals surface area contributed by atoms with Crippen molar-refractivity contribution in [2.45, 2.75) is 18.9 Å². The number of benzene rings is 1. The summed E-state index contributed by atoms with van der Waals surface area (Å²) in [5.41, 5.74) is 2.21. The number of nitrogens with zero attached hydrogens (tertiary/aromatic N) is 2. The van der Waals surface area contributed by atoms with E-state index in [1.54, 1.807) is 11.3 Å². The van der Waals surface area contributed by atoms with Crippen molar-refractivity contribution in [2.75, 3.05) is 19.6 Å². The van der Waals surface area contributed by atoms with Gasteiger partial charge in [0.15, 0.2) is 0 Å². The van der Waals surface area contributed by atoms with Crippen LogP contribution in [0.5, 0.6) is 5.19 Å². The van der Waals surface area contributed by atoms with E-state index in [0.717, 1.165) is 28.6 Å². The van der Waals surface area contributed by atoms with E-state index in [0.29, 0.717) is 6.10 Å². The van der Waals surface area contributed by atoms with Crippen LogP contribution in [0.25, 0.3) is 11.3 Å². The Labute approximate surface area is 134 Å². The first-order chi connectivity index (χ1) is 10.8. The average molecular weight is 312 g/mol. The summed E-state index contributed by atoms with van der Waals surface area (Å²) in [5, 5.41) is 2.97. The predicted molar refractivity (Wildman–Crippen MR) is 88.1 cm³/mol. The third-order valence-corrected chi connectivity index (χ3v) is 6.22. The largest absolute Gasteiger partial charge is 0.466 e. The Hall–Kier alpha value is -1.39. The number of rotatable bonds is 3. The lowest BCUT2D eigenvalue weighted by molar-refractivity contribution is -0.0984. The summed E-state index contributed by atoms with van der Waals surface area (Å²) in [6, 6.07) is 10.4. The highest BCUT2D eigenvalue weighted by Gasteiger charge is 2.48. The van der Waals surface area contributed by atoms with Crippen LogP contribution >= 0.6 is 11.3 Å². The molecule has 4 bridgehead atoms. The van der Waals surface area contributed by atoms with E-state index in [4.69, 9.17) is 9.72 Å². The Morgan fingerprint density at radius 2 is 1.82 bits per heavy atom. The maximum absolute atomic E-state index is 6.37. The first-order valence-electron chi connectivity index (χ1n) is 8.25. The van der Waals surface area contributed by atoms with E-state index < -0.39 is 0 Å². The standard InChI is InChI=1S/C18H20N2OS/c1-2-4-13(5-3-1)16-11-22-18(19-16)21-17-14-6-12-7-15(17)10-20(8-12)9-14/h1-5,11-12,14-15,17H,6-10H2. The van der Waals surface area contributed by atoms with Gasteiger partial charge in [-0.2, -0.15) is 0 Å². The molecule has 114 valence electrons. The number of hydrogen-bond donors (Lipinski definition) is 0. The molecule has 22 heavy (non-hydrogen) atoms. The van der Waals surface area contributed by atoms with Gasteiger partial charge >= 0.3 is 0 Å². The molecular formula is C18H20N2OS. The van der Waals surface area contributed by atoms with Crippen LogP contribution in [0.3, 0.4) is 0 Å². The van der Waals surface area contributed by atoms with Crippen molar-refractivity contribution in [2.24, 2.45) is 17.8 Å². The molecule has 2 atom stereocenters. The molecule has 0 N–H and O–H groups in total. The van der Waals surface area contributed by atoms with Crippen molar-refractivity contribution in [3.8, 4) is 16.5 Å². The molecule has 1 aromatic heterocycles. The molecule has 3 saturated heterocycles. The van der Waals surface area contributed by atoms with Crippen LogP contribution < -0.4 is 4.74 Å². The molecule has 0 radical (unpaired) electrons. The highest BCUT2D eigenvalue weighted by molar-refractivity contribution is 7.11. The number of hydrogen-bond acceptors (Lipinski definition) is 4. The Morgan fingerprint density at radius 1 is 1.05 bits per heavy atom. The second-order valence-electron chi connectivity index (χ2n) is 7.02. The van der Waals surface area contributed by atoms with Crippen LogP contribution in [0.15, 0.2) is 35.7 Å². The SMILES string of the molecule is c1ccc(-c2csc(OC3C4CC5CC3CN(C5)C4)n2)cc1. The highest BCUT2D eigenvalue weighted by atomic mass is 32.1. The Kier molecular flexibility index (Phi) is 3.01. The maximum Gasteiger partial charge on any atom is 0.274 e. The van der Waals surface area contributed by atoms with Gasteiger partial charge in [0.05, 0.1) is 5.69 Å². The zero-order valence-electron chi connectivity index (χ0n) is 12.5. The van der Waals surface area contributed by atoms with Crippen LogP contribution in [0.2, 0.25) is 0 Å². The second kappa shape index (κ2) is 5.07. The topological polar surface area (TPSA) is 25.4 Å². The summed E-state index contributed by atoms with van der Waals surface area (Å²) >= 11 is 1.64. The molecule has 4 aliphatic rings. The van der Waals surface area contributed by atoms with Gasteiger partial charge in [-0.15, -0.1) is 0 Å². The van der Waals surface area contributed by atoms with Gasteiger partial charge in [0.2, 0.25) is 0 Å². The molecule has 4 heterocycles. The van der Waals surface area contributed by atoms with Gasteiger partial charge in [-0.3, -0.25) is 0 Å². The summed E-state index contributed by atoms with van der Waals surface area (Å²) in [5.74, 6) is 2.36. The Bertz CT molecular complexity index is 641. The molecule has 2 aromatic rings. The van der Waals surface area contributed by atoms with Gasteiger partial charge in [-0.05, 0) is 18.8 Å². The molecule has 3 nitrogen and oxygen atoms in total. The summed E-state index contributed by atoms with van der Waals surface area (Å²) in [6.45, 7) is 3.79. The third kappa shape index (κ3) is 2.17. The van der Waals surface area contributed by atoms with E-state index in [9.17, 15) is 0 Å². The quantitative estimate of drug-likeness (QED) is 0.867. The van der Waals surface area contributed by atoms with Crippen molar-refractivity contribution in [3.63, 3.8) is 0 Å². The first-order valence-corrected chi connectivity index (χ1v) is 9.13. The van der Waals surface area contributed by atoms with E-state index >= 15 is 0 Å². The van der Waals surface area contributed by atoms with E-state index in [2.05, 4.69) is 34.5 Å². The fraction of sp³-hybridized carbons (Fsp3) is 0.500. The summed E-state index contributed by atoms with van der Waals surface area (Å²) in [7, 11) is 0. The molecule has 1 aliphatic carbocycles. The van der Waals surface area contributed by atoms with Crippen LogP contribution in [0, 0.1) is 17.8 Å². The molecule has 6 rings (SSSR count). The zero-order chi connectivity index (χ0) is 14.5. The summed E-state index contributed by atoms with van der Waals surface area (Å²) in [6.07, 6.45) is 3.10. The highest BCUT2D eigenvalue weighted by Crippen LogP contribution is 2.45. The van der Waals surface area contributed by atoms with Crippen LogP contribution in [-0.2, 0) is 0 Å². The lowest BCUT2D eigenvalue weighted by atomic mass is 9.66. The normalized spacial score (nSPS) is 35.7. The maximum atomic E-state index is 6.37. The molecule has 0 spiro atoms. The van der Waals surface area contributed by atoms with E-state index in [1.165, 1.54) is 38.0 Å². The summed E-state index contributed by atoms with van der Waals surface area (Å²) in [4.78, 5) is 7.36. The van der Waals surface area contributed by atoms with Gasteiger partial charge in [0.25, 0.3) is 5.19 Å². The van der Waals surface area contributed by atoms with Gasteiger partial charge in [0.1, 0.15) is 6.10 Å². The Balaban J connectivity index is 1.35. The molecule has 1 saturated carbocycles. The third-order valence-electron chi connectivity index (χ3n) is 5.49. The van der Waals surface area contributed by atoms with Crippen molar-refractivity contribution in [1.82, 2.24) is 9.88 Å². The van der Waals surface area contributed by atoms with Crippen LogP contribution in [-0.4, -0.2) is 35.6 Å². The molecule has 0 amide bonds. The molecule has 2 unspecified atom stereocenters.